The number of nitrogens with one attached hydrogen (secondary N) is 1. The van der Waals surface area contributed by atoms with Crippen LogP contribution in [0.25, 0.3) is 0 Å². The molecule has 1 N–H and O–H groups in total. The zero-order valence-corrected chi connectivity index (χ0v) is 15.1. The molecule has 0 saturated carbocycles. The van der Waals surface area contributed by atoms with Crippen LogP contribution in [0.2, 0.25) is 0 Å². The highest BCUT2D eigenvalue weighted by Crippen LogP contribution is 2.38. The second-order valence-corrected chi connectivity index (χ2v) is 7.06. The number of methoxy groups -OCH3 is 1. The minimum absolute atomic E-state index is 0.154. The second-order valence-electron chi connectivity index (χ2n) is 5.95. The Hall–Kier alpha value is -2.93. The summed E-state index contributed by atoms with van der Waals surface area (Å²) in [6.07, 6.45) is 5.05. The summed E-state index contributed by atoms with van der Waals surface area (Å²) in [6, 6.07) is 1.39. The number of thiophene rings is 1. The van der Waals surface area contributed by atoms with E-state index >= 15 is 0 Å². The fraction of sp³-hybridized carbons (Fsp3) is 0.438. The van der Waals surface area contributed by atoms with E-state index in [9.17, 15) is 20.2 Å². The van der Waals surface area contributed by atoms with Crippen LogP contribution in [0.15, 0.2) is 6.20 Å². The molecule has 2 aromatic rings. The van der Waals surface area contributed by atoms with Crippen molar-refractivity contribution in [1.29, 1.82) is 5.26 Å². The molecule has 0 aromatic carbocycles. The van der Waals surface area contributed by atoms with E-state index in [1.54, 1.807) is 6.92 Å². The first-order chi connectivity index (χ1) is 12.5. The van der Waals surface area contributed by atoms with E-state index in [0.29, 0.717) is 10.6 Å². The maximum Gasteiger partial charge on any atom is 0.350 e. The summed E-state index contributed by atoms with van der Waals surface area (Å²) in [5, 5.41) is 27.7. The molecule has 1 aliphatic rings. The molecule has 10 heteroatoms. The van der Waals surface area contributed by atoms with Gasteiger partial charge >= 0.3 is 11.6 Å². The highest BCUT2D eigenvalue weighted by molar-refractivity contribution is 7.16. The quantitative estimate of drug-likeness (QED) is 0.633. The van der Waals surface area contributed by atoms with Crippen LogP contribution in [0.3, 0.4) is 0 Å². The molecule has 136 valence electrons. The molecule has 0 saturated heterocycles. The fourth-order valence-electron chi connectivity index (χ4n) is 2.94. The minimum atomic E-state index is -0.803. The Bertz CT molecular complexity index is 911. The van der Waals surface area contributed by atoms with Gasteiger partial charge in [-0.25, -0.2) is 4.68 Å². The van der Waals surface area contributed by atoms with Crippen LogP contribution in [-0.4, -0.2) is 27.7 Å². The van der Waals surface area contributed by atoms with Crippen molar-refractivity contribution in [3.63, 3.8) is 0 Å². The number of aromatic nitrogens is 2. The third-order valence-corrected chi connectivity index (χ3v) is 5.57. The molecule has 2 heterocycles. The van der Waals surface area contributed by atoms with Gasteiger partial charge in [-0.2, -0.15) is 5.26 Å². The van der Waals surface area contributed by atoms with E-state index in [1.165, 1.54) is 23.1 Å². The van der Waals surface area contributed by atoms with Crippen molar-refractivity contribution in [3.8, 4) is 11.9 Å². The first-order valence-electron chi connectivity index (χ1n) is 8.09. The van der Waals surface area contributed by atoms with Crippen LogP contribution < -0.4 is 10.1 Å². The molecule has 1 aliphatic carbocycles. The highest BCUT2D eigenvalue weighted by Gasteiger charge is 2.27. The molecular formula is C16H17N5O4S. The van der Waals surface area contributed by atoms with Crippen molar-refractivity contribution in [2.75, 3.05) is 12.4 Å². The summed E-state index contributed by atoms with van der Waals surface area (Å²) in [4.78, 5) is 24.1. The van der Waals surface area contributed by atoms with Crippen molar-refractivity contribution in [3.05, 3.63) is 32.3 Å². The van der Waals surface area contributed by atoms with E-state index < -0.39 is 16.9 Å². The van der Waals surface area contributed by atoms with Crippen molar-refractivity contribution >= 4 is 27.9 Å². The number of ether oxygens (including phenoxy) is 1. The lowest BCUT2D eigenvalue weighted by Gasteiger charge is -2.11. The molecule has 3 rings (SSSR count). The van der Waals surface area contributed by atoms with Crippen molar-refractivity contribution in [1.82, 2.24) is 9.78 Å². The molecule has 0 spiro atoms. The van der Waals surface area contributed by atoms with Crippen LogP contribution in [0.5, 0.6) is 5.88 Å². The van der Waals surface area contributed by atoms with Gasteiger partial charge in [0.2, 0.25) is 5.91 Å². The third-order valence-electron chi connectivity index (χ3n) is 4.37. The fourth-order valence-corrected chi connectivity index (χ4v) is 4.19. The number of carbonyl (C=O) groups is 1. The number of carbonyl (C=O) groups excluding carboxylic acids is 1. The summed E-state index contributed by atoms with van der Waals surface area (Å²) < 4.78 is 6.07. The van der Waals surface area contributed by atoms with E-state index in [0.717, 1.165) is 42.3 Å². The predicted molar refractivity (Wildman–Crippen MR) is 94.5 cm³/mol. The monoisotopic (exact) mass is 375 g/mol. The SMILES string of the molecule is COc1nn(C(C)C(=O)Nc2sc3c(c2C#N)CCCC3)cc1[N+](=O)[O-]. The van der Waals surface area contributed by atoms with Crippen LogP contribution in [0.1, 0.15) is 41.8 Å². The molecule has 1 unspecified atom stereocenters. The first kappa shape index (κ1) is 17.9. The molecule has 1 atom stereocenters. The largest absolute Gasteiger partial charge is 0.475 e. The topological polar surface area (TPSA) is 123 Å². The summed E-state index contributed by atoms with van der Waals surface area (Å²) in [5.41, 5.74) is 1.24. The third kappa shape index (κ3) is 3.13. The van der Waals surface area contributed by atoms with E-state index in [4.69, 9.17) is 4.74 Å². The second kappa shape index (κ2) is 7.13. The lowest BCUT2D eigenvalue weighted by Crippen LogP contribution is -2.24. The summed E-state index contributed by atoms with van der Waals surface area (Å²) in [6.45, 7) is 1.57. The number of hydrogen-bond acceptors (Lipinski definition) is 7. The van der Waals surface area contributed by atoms with Gasteiger partial charge in [-0.1, -0.05) is 0 Å². The predicted octanol–water partition coefficient (Wildman–Crippen LogP) is 2.81. The Morgan fingerprint density at radius 1 is 1.54 bits per heavy atom. The normalized spacial score (nSPS) is 14.2. The molecule has 0 fully saturated rings. The molecule has 26 heavy (non-hydrogen) atoms. The number of rotatable bonds is 5. The molecule has 0 radical (unpaired) electrons. The highest BCUT2D eigenvalue weighted by atomic mass is 32.1. The van der Waals surface area contributed by atoms with E-state index in [1.807, 2.05) is 0 Å². The molecule has 1 amide bonds. The van der Waals surface area contributed by atoms with Gasteiger partial charge in [0.15, 0.2) is 0 Å². The van der Waals surface area contributed by atoms with Gasteiger partial charge in [-0.05, 0) is 38.2 Å². The molecule has 0 aliphatic heterocycles. The van der Waals surface area contributed by atoms with Crippen LogP contribution in [-0.2, 0) is 17.6 Å². The Morgan fingerprint density at radius 3 is 2.88 bits per heavy atom. The molecular weight excluding hydrogens is 358 g/mol. The number of hydrogen-bond donors (Lipinski definition) is 1. The number of nitrogens with zero attached hydrogens (tertiary/aromatic N) is 4. The number of nitriles is 1. The average molecular weight is 375 g/mol. The molecule has 2 aromatic heterocycles. The first-order valence-corrected chi connectivity index (χ1v) is 8.91. The minimum Gasteiger partial charge on any atom is -0.475 e. The lowest BCUT2D eigenvalue weighted by molar-refractivity contribution is -0.385. The Kier molecular flexibility index (Phi) is 4.90. The zero-order chi connectivity index (χ0) is 18.8. The van der Waals surface area contributed by atoms with E-state index in [2.05, 4.69) is 16.5 Å². The lowest BCUT2D eigenvalue weighted by atomic mass is 9.96. The summed E-state index contributed by atoms with van der Waals surface area (Å²) in [5.74, 6) is -0.556. The number of fused-ring (bicyclic) bond motifs is 1. The average Bonchev–Trinajstić information content (AvgIpc) is 3.21. The Morgan fingerprint density at radius 2 is 2.27 bits per heavy atom. The van der Waals surface area contributed by atoms with Crippen LogP contribution >= 0.6 is 11.3 Å². The van der Waals surface area contributed by atoms with Crippen molar-refractivity contribution in [2.24, 2.45) is 0 Å². The van der Waals surface area contributed by atoms with Gasteiger partial charge in [0.05, 0.1) is 17.6 Å². The van der Waals surface area contributed by atoms with Crippen molar-refractivity contribution in [2.45, 2.75) is 38.6 Å². The molecule has 0 bridgehead atoms. The maximum atomic E-state index is 12.6. The van der Waals surface area contributed by atoms with Gasteiger partial charge in [0.25, 0.3) is 0 Å². The maximum absolute atomic E-state index is 12.6. The van der Waals surface area contributed by atoms with Crippen molar-refractivity contribution < 1.29 is 14.5 Å². The Labute approximate surface area is 153 Å². The number of amides is 1. The standard InChI is InChI=1S/C16H17N5O4S/c1-9(20-8-12(21(23)24)15(19-20)25-2)14(22)18-16-11(7-17)10-5-3-4-6-13(10)26-16/h8-9H,3-6H2,1-2H3,(H,18,22). The summed E-state index contributed by atoms with van der Waals surface area (Å²) in [7, 11) is 1.28. The van der Waals surface area contributed by atoms with Gasteiger partial charge < -0.3 is 10.1 Å². The van der Waals surface area contributed by atoms with Gasteiger partial charge in [-0.15, -0.1) is 16.4 Å². The van der Waals surface area contributed by atoms with Gasteiger partial charge in [0, 0.05) is 4.88 Å². The zero-order valence-electron chi connectivity index (χ0n) is 14.3. The van der Waals surface area contributed by atoms with Crippen LogP contribution in [0, 0.1) is 21.4 Å². The molecule has 9 nitrogen and oxygen atoms in total. The van der Waals surface area contributed by atoms with Gasteiger partial charge in [-0.3, -0.25) is 14.9 Å². The Balaban J connectivity index is 1.84. The van der Waals surface area contributed by atoms with Crippen LogP contribution in [0.4, 0.5) is 10.7 Å². The summed E-state index contributed by atoms with van der Waals surface area (Å²) >= 11 is 1.43. The van der Waals surface area contributed by atoms with E-state index in [-0.39, 0.29) is 11.6 Å². The number of aryl methyl sites for hydroxylation is 1. The number of anilines is 1. The number of nitro groups is 1. The van der Waals surface area contributed by atoms with Gasteiger partial charge in [0.1, 0.15) is 23.3 Å². The smallest absolute Gasteiger partial charge is 0.350 e.